The van der Waals surface area contributed by atoms with Gasteiger partial charge in [-0.15, -0.1) is 6.58 Å². The van der Waals surface area contributed by atoms with Crippen LogP contribution in [0, 0.1) is 0 Å². The molecular formula is C20H18ClN3O3S. The van der Waals surface area contributed by atoms with Crippen molar-refractivity contribution in [1.82, 2.24) is 9.71 Å². The van der Waals surface area contributed by atoms with Crippen molar-refractivity contribution in [2.24, 2.45) is 0 Å². The summed E-state index contributed by atoms with van der Waals surface area (Å²) >= 11 is 6.11. The van der Waals surface area contributed by atoms with E-state index in [2.05, 4.69) is 21.6 Å². The molecule has 2 N–H and O–H groups in total. The van der Waals surface area contributed by atoms with Gasteiger partial charge in [0.2, 0.25) is 10.0 Å². The first-order valence-corrected chi connectivity index (χ1v) is 10.4. The van der Waals surface area contributed by atoms with Crippen LogP contribution in [-0.4, -0.2) is 25.9 Å². The highest BCUT2D eigenvalue weighted by molar-refractivity contribution is 7.88. The number of carbonyl (C=O) groups is 1. The lowest BCUT2D eigenvalue weighted by Crippen LogP contribution is -2.25. The average Bonchev–Trinajstić information content (AvgIpc) is 2.67. The number of anilines is 1. The fourth-order valence-electron chi connectivity index (χ4n) is 2.67. The van der Waals surface area contributed by atoms with Crippen molar-refractivity contribution in [3.05, 3.63) is 83.5 Å². The Bertz CT molecular complexity index is 1130. The number of hydrogen-bond donors (Lipinski definition) is 2. The van der Waals surface area contributed by atoms with Crippen LogP contribution in [0.1, 0.15) is 15.9 Å². The highest BCUT2D eigenvalue weighted by atomic mass is 35.5. The minimum absolute atomic E-state index is 0.155. The van der Waals surface area contributed by atoms with Crippen LogP contribution in [0.15, 0.2) is 67.4 Å². The SMILES string of the molecule is C=CCNS(=O)(=O)Cc1ccc(NC(=O)c2cc(Cl)cc3cccnc23)cc1. The van der Waals surface area contributed by atoms with Gasteiger partial charge in [-0.3, -0.25) is 9.78 Å². The average molecular weight is 416 g/mol. The Morgan fingerprint density at radius 2 is 1.93 bits per heavy atom. The Morgan fingerprint density at radius 1 is 1.18 bits per heavy atom. The second-order valence-electron chi connectivity index (χ2n) is 6.08. The normalized spacial score (nSPS) is 11.3. The molecule has 0 saturated carbocycles. The van der Waals surface area contributed by atoms with Gasteiger partial charge in [0, 0.05) is 28.8 Å². The van der Waals surface area contributed by atoms with Gasteiger partial charge >= 0.3 is 0 Å². The van der Waals surface area contributed by atoms with Gasteiger partial charge in [-0.1, -0.05) is 35.9 Å². The molecule has 8 heteroatoms. The number of nitrogens with one attached hydrogen (secondary N) is 2. The first kappa shape index (κ1) is 20.0. The van der Waals surface area contributed by atoms with Crippen molar-refractivity contribution in [2.75, 3.05) is 11.9 Å². The van der Waals surface area contributed by atoms with Crippen LogP contribution in [0.2, 0.25) is 5.02 Å². The van der Waals surface area contributed by atoms with Gasteiger partial charge in [-0.25, -0.2) is 13.1 Å². The number of rotatable bonds is 7. The number of nitrogens with zero attached hydrogens (tertiary/aromatic N) is 1. The summed E-state index contributed by atoms with van der Waals surface area (Å²) in [6.07, 6.45) is 3.09. The van der Waals surface area contributed by atoms with Crippen LogP contribution >= 0.6 is 11.6 Å². The first-order valence-electron chi connectivity index (χ1n) is 8.41. The molecule has 0 fully saturated rings. The maximum Gasteiger partial charge on any atom is 0.257 e. The summed E-state index contributed by atoms with van der Waals surface area (Å²) in [6.45, 7) is 3.66. The Morgan fingerprint density at radius 3 is 2.64 bits per heavy atom. The molecule has 2 aromatic carbocycles. The van der Waals surface area contributed by atoms with E-state index in [9.17, 15) is 13.2 Å². The topological polar surface area (TPSA) is 88.2 Å². The molecule has 1 amide bonds. The molecule has 0 aliphatic carbocycles. The van der Waals surface area contributed by atoms with E-state index in [4.69, 9.17) is 11.6 Å². The molecule has 6 nitrogen and oxygen atoms in total. The third-order valence-corrected chi connectivity index (χ3v) is 5.47. The highest BCUT2D eigenvalue weighted by Crippen LogP contribution is 2.23. The van der Waals surface area contributed by atoms with E-state index in [0.717, 1.165) is 5.39 Å². The second kappa shape index (κ2) is 8.52. The second-order valence-corrected chi connectivity index (χ2v) is 8.32. The van der Waals surface area contributed by atoms with Gasteiger partial charge in [-0.05, 0) is 35.9 Å². The Balaban J connectivity index is 1.76. The lowest BCUT2D eigenvalue weighted by molar-refractivity contribution is 0.102. The smallest absolute Gasteiger partial charge is 0.257 e. The van der Waals surface area contributed by atoms with Gasteiger partial charge in [0.15, 0.2) is 0 Å². The lowest BCUT2D eigenvalue weighted by atomic mass is 10.1. The maximum absolute atomic E-state index is 12.7. The van der Waals surface area contributed by atoms with E-state index in [-0.39, 0.29) is 18.2 Å². The zero-order valence-corrected chi connectivity index (χ0v) is 16.4. The van der Waals surface area contributed by atoms with Crippen molar-refractivity contribution < 1.29 is 13.2 Å². The maximum atomic E-state index is 12.7. The number of amides is 1. The molecule has 1 aromatic heterocycles. The van der Waals surface area contributed by atoms with Crippen molar-refractivity contribution in [3.63, 3.8) is 0 Å². The number of carbonyl (C=O) groups excluding carboxylic acids is 1. The molecule has 3 aromatic rings. The molecule has 1 heterocycles. The molecule has 0 aliphatic rings. The van der Waals surface area contributed by atoms with Crippen LogP contribution in [0.25, 0.3) is 10.9 Å². The summed E-state index contributed by atoms with van der Waals surface area (Å²) in [6, 6.07) is 13.5. The van der Waals surface area contributed by atoms with Crippen molar-refractivity contribution in [2.45, 2.75) is 5.75 Å². The number of benzene rings is 2. The molecule has 0 atom stereocenters. The fourth-order valence-corrected chi connectivity index (χ4v) is 4.00. The predicted molar refractivity (Wildman–Crippen MR) is 112 cm³/mol. The lowest BCUT2D eigenvalue weighted by Gasteiger charge is -2.09. The first-order chi connectivity index (χ1) is 13.4. The minimum Gasteiger partial charge on any atom is -0.322 e. The number of hydrogen-bond acceptors (Lipinski definition) is 4. The zero-order chi connectivity index (χ0) is 20.1. The molecule has 0 aliphatic heterocycles. The molecule has 144 valence electrons. The number of fused-ring (bicyclic) bond motifs is 1. The third-order valence-electron chi connectivity index (χ3n) is 3.93. The zero-order valence-electron chi connectivity index (χ0n) is 14.9. The molecular weight excluding hydrogens is 398 g/mol. The van der Waals surface area contributed by atoms with Crippen LogP contribution in [0.4, 0.5) is 5.69 Å². The Labute approximate surface area is 168 Å². The van der Waals surface area contributed by atoms with E-state index in [1.54, 1.807) is 48.7 Å². The van der Waals surface area contributed by atoms with E-state index < -0.39 is 10.0 Å². The monoisotopic (exact) mass is 415 g/mol. The molecule has 0 spiro atoms. The summed E-state index contributed by atoms with van der Waals surface area (Å²) in [7, 11) is -3.44. The van der Waals surface area contributed by atoms with Gasteiger partial charge in [0.1, 0.15) is 0 Å². The molecule has 28 heavy (non-hydrogen) atoms. The summed E-state index contributed by atoms with van der Waals surface area (Å²) in [5.41, 5.74) is 2.06. The number of pyridine rings is 1. The molecule has 0 bridgehead atoms. The van der Waals surface area contributed by atoms with E-state index >= 15 is 0 Å². The summed E-state index contributed by atoms with van der Waals surface area (Å²) in [5, 5.41) is 4.00. The van der Waals surface area contributed by atoms with Gasteiger partial charge in [0.25, 0.3) is 5.91 Å². The molecule has 0 unspecified atom stereocenters. The number of sulfonamides is 1. The Hall–Kier alpha value is -2.74. The van der Waals surface area contributed by atoms with Crippen LogP contribution in [0.3, 0.4) is 0 Å². The molecule has 3 rings (SSSR count). The fraction of sp³-hybridized carbons (Fsp3) is 0.100. The quantitative estimate of drug-likeness (QED) is 0.575. The van der Waals surface area contributed by atoms with Gasteiger partial charge < -0.3 is 5.32 Å². The van der Waals surface area contributed by atoms with Gasteiger partial charge in [-0.2, -0.15) is 0 Å². The van der Waals surface area contributed by atoms with Crippen molar-refractivity contribution >= 4 is 44.1 Å². The summed E-state index contributed by atoms with van der Waals surface area (Å²) in [5.74, 6) is -0.503. The van der Waals surface area contributed by atoms with E-state index in [1.807, 2.05) is 6.07 Å². The van der Waals surface area contributed by atoms with Crippen molar-refractivity contribution in [3.8, 4) is 0 Å². The van der Waals surface area contributed by atoms with Crippen LogP contribution in [0.5, 0.6) is 0 Å². The molecule has 0 radical (unpaired) electrons. The molecule has 0 saturated heterocycles. The van der Waals surface area contributed by atoms with Crippen LogP contribution < -0.4 is 10.0 Å². The number of halogens is 1. The predicted octanol–water partition coefficient (Wildman–Crippen LogP) is 3.75. The van der Waals surface area contributed by atoms with Gasteiger partial charge in [0.05, 0.1) is 16.8 Å². The minimum atomic E-state index is -3.44. The largest absolute Gasteiger partial charge is 0.322 e. The third kappa shape index (κ3) is 4.95. The van der Waals surface area contributed by atoms with Crippen molar-refractivity contribution in [1.29, 1.82) is 0 Å². The van der Waals surface area contributed by atoms with E-state index in [1.165, 1.54) is 6.08 Å². The standard InChI is InChI=1S/C20H18ClN3O3S/c1-2-9-23-28(26,27)13-14-5-7-17(8-6-14)24-20(25)18-12-16(21)11-15-4-3-10-22-19(15)18/h2-8,10-12,23H,1,9,13H2,(H,24,25). The van der Waals surface area contributed by atoms with Crippen LogP contribution in [-0.2, 0) is 15.8 Å². The van der Waals surface area contributed by atoms with E-state index in [0.29, 0.717) is 27.4 Å². The highest BCUT2D eigenvalue weighted by Gasteiger charge is 2.14. The Kier molecular flexibility index (Phi) is 6.08. The number of aromatic nitrogens is 1. The summed E-state index contributed by atoms with van der Waals surface area (Å²) < 4.78 is 26.2. The summed E-state index contributed by atoms with van der Waals surface area (Å²) in [4.78, 5) is 17.0.